The van der Waals surface area contributed by atoms with Crippen molar-refractivity contribution in [1.82, 2.24) is 4.57 Å². The van der Waals surface area contributed by atoms with Crippen LogP contribution in [0.2, 0.25) is 0 Å². The summed E-state index contributed by atoms with van der Waals surface area (Å²) in [5.41, 5.74) is 2.19. The van der Waals surface area contributed by atoms with Gasteiger partial charge in [-0.2, -0.15) is 0 Å². The van der Waals surface area contributed by atoms with E-state index in [-0.39, 0.29) is 10.8 Å². The van der Waals surface area contributed by atoms with Crippen molar-refractivity contribution in [3.8, 4) is 16.9 Å². The number of aromatic nitrogens is 1. The molecule has 0 radical (unpaired) electrons. The number of ether oxygens (including phenoxy) is 1. The van der Waals surface area contributed by atoms with Gasteiger partial charge in [0, 0.05) is 36.3 Å². The molecule has 0 aliphatic rings. The minimum Gasteiger partial charge on any atom is -0.493 e. The Labute approximate surface area is 186 Å². The van der Waals surface area contributed by atoms with Gasteiger partial charge in [0.25, 0.3) is 0 Å². The van der Waals surface area contributed by atoms with E-state index in [2.05, 4.69) is 5.32 Å². The quantitative estimate of drug-likeness (QED) is 0.522. The Kier molecular flexibility index (Phi) is 7.09. The zero-order valence-corrected chi connectivity index (χ0v) is 19.2. The van der Waals surface area contributed by atoms with Crippen LogP contribution in [0.25, 0.3) is 11.1 Å². The largest absolute Gasteiger partial charge is 0.493 e. The third-order valence-corrected chi connectivity index (χ3v) is 6.42. The molecule has 3 rings (SSSR count). The van der Waals surface area contributed by atoms with Gasteiger partial charge in [-0.25, -0.2) is 13.6 Å². The SMILES string of the molecule is CCOc1ccc(Sc2cn(CC)cc2NC(C)=O)cc1-c1cccc(S(N)(=O)=O)c1. The zero-order valence-electron chi connectivity index (χ0n) is 17.6. The zero-order chi connectivity index (χ0) is 22.6. The number of benzene rings is 2. The standard InChI is InChI=1S/C22H25N3O4S2/c1-4-25-13-20(24-15(3)26)22(14-25)30-17-9-10-21(29-5-2)19(12-17)16-7-6-8-18(11-16)31(23,27)28/h6-14H,4-5H2,1-3H3,(H,24,26)(H2,23,27,28). The van der Waals surface area contributed by atoms with Crippen LogP contribution in [0, 0.1) is 0 Å². The number of nitrogens with one attached hydrogen (secondary N) is 1. The number of hydrogen-bond donors (Lipinski definition) is 2. The molecule has 0 bridgehead atoms. The Morgan fingerprint density at radius 1 is 1.16 bits per heavy atom. The number of sulfonamides is 1. The second kappa shape index (κ2) is 9.59. The number of hydrogen-bond acceptors (Lipinski definition) is 5. The Morgan fingerprint density at radius 3 is 2.58 bits per heavy atom. The van der Waals surface area contributed by atoms with Gasteiger partial charge in [0.05, 0.1) is 22.1 Å². The van der Waals surface area contributed by atoms with Gasteiger partial charge in [-0.3, -0.25) is 4.79 Å². The number of nitrogens with two attached hydrogens (primary N) is 1. The van der Waals surface area contributed by atoms with Crippen LogP contribution >= 0.6 is 11.8 Å². The first kappa shape index (κ1) is 22.9. The second-order valence-corrected chi connectivity index (χ2v) is 9.49. The monoisotopic (exact) mass is 459 g/mol. The molecular formula is C22H25N3O4S2. The first-order valence-electron chi connectivity index (χ1n) is 9.76. The number of nitrogens with zero attached hydrogens (tertiary/aromatic N) is 1. The first-order valence-corrected chi connectivity index (χ1v) is 12.1. The van der Waals surface area contributed by atoms with E-state index in [1.165, 1.54) is 30.8 Å². The Bertz CT molecular complexity index is 1200. The van der Waals surface area contributed by atoms with Crippen LogP contribution in [-0.2, 0) is 21.4 Å². The van der Waals surface area contributed by atoms with Crippen molar-refractivity contribution < 1.29 is 17.9 Å². The number of carbonyl (C=O) groups is 1. The van der Waals surface area contributed by atoms with Crippen LogP contribution in [0.4, 0.5) is 5.69 Å². The molecule has 1 heterocycles. The van der Waals surface area contributed by atoms with Crippen molar-refractivity contribution in [3.63, 3.8) is 0 Å². The summed E-state index contributed by atoms with van der Waals surface area (Å²) in [5, 5.41) is 8.17. The predicted octanol–water partition coefficient (Wildman–Crippen LogP) is 4.33. The van der Waals surface area contributed by atoms with Crippen molar-refractivity contribution in [2.75, 3.05) is 11.9 Å². The van der Waals surface area contributed by atoms with Crippen LogP contribution < -0.4 is 15.2 Å². The van der Waals surface area contributed by atoms with Gasteiger partial charge in [0.1, 0.15) is 5.75 Å². The number of anilines is 1. The van der Waals surface area contributed by atoms with Crippen molar-refractivity contribution in [2.24, 2.45) is 5.14 Å². The topological polar surface area (TPSA) is 103 Å². The molecule has 9 heteroatoms. The molecule has 0 aliphatic heterocycles. The van der Waals surface area contributed by atoms with Gasteiger partial charge >= 0.3 is 0 Å². The summed E-state index contributed by atoms with van der Waals surface area (Å²) in [5.74, 6) is 0.509. The number of carbonyl (C=O) groups excluding carboxylic acids is 1. The summed E-state index contributed by atoms with van der Waals surface area (Å²) < 4.78 is 31.4. The number of amides is 1. The highest BCUT2D eigenvalue weighted by Gasteiger charge is 2.15. The van der Waals surface area contributed by atoms with E-state index in [1.54, 1.807) is 6.07 Å². The Balaban J connectivity index is 2.04. The van der Waals surface area contributed by atoms with E-state index in [0.717, 1.165) is 27.6 Å². The molecular weight excluding hydrogens is 434 g/mol. The summed E-state index contributed by atoms with van der Waals surface area (Å²) in [6, 6.07) is 12.2. The molecule has 1 amide bonds. The van der Waals surface area contributed by atoms with Crippen molar-refractivity contribution in [3.05, 3.63) is 54.9 Å². The molecule has 0 atom stereocenters. The molecule has 7 nitrogen and oxygen atoms in total. The highest BCUT2D eigenvalue weighted by atomic mass is 32.2. The van der Waals surface area contributed by atoms with Crippen LogP contribution in [0.15, 0.2) is 69.5 Å². The molecule has 3 N–H and O–H groups in total. The van der Waals surface area contributed by atoms with Gasteiger partial charge in [-0.15, -0.1) is 0 Å². The fourth-order valence-electron chi connectivity index (χ4n) is 3.08. The Morgan fingerprint density at radius 2 is 1.94 bits per heavy atom. The predicted molar refractivity (Wildman–Crippen MR) is 123 cm³/mol. The number of primary sulfonamides is 1. The number of rotatable bonds is 8. The maximum atomic E-state index is 11.8. The molecule has 0 unspecified atom stereocenters. The fraction of sp³-hybridized carbons (Fsp3) is 0.227. The highest BCUT2D eigenvalue weighted by Crippen LogP contribution is 2.39. The summed E-state index contributed by atoms with van der Waals surface area (Å²) in [4.78, 5) is 13.4. The summed E-state index contributed by atoms with van der Waals surface area (Å²) in [7, 11) is -3.82. The average Bonchev–Trinajstić information content (AvgIpc) is 3.09. The maximum Gasteiger partial charge on any atom is 0.238 e. The minimum atomic E-state index is -3.82. The summed E-state index contributed by atoms with van der Waals surface area (Å²) in [6.07, 6.45) is 3.88. The van der Waals surface area contributed by atoms with Crippen molar-refractivity contribution in [1.29, 1.82) is 0 Å². The van der Waals surface area contributed by atoms with Crippen LogP contribution in [0.1, 0.15) is 20.8 Å². The number of aryl methyl sites for hydroxylation is 1. The van der Waals surface area contributed by atoms with E-state index < -0.39 is 10.0 Å². The molecule has 31 heavy (non-hydrogen) atoms. The third kappa shape index (κ3) is 5.69. The minimum absolute atomic E-state index is 0.0403. The molecule has 0 saturated carbocycles. The van der Waals surface area contributed by atoms with Gasteiger partial charge in [-0.1, -0.05) is 23.9 Å². The van der Waals surface area contributed by atoms with Crippen molar-refractivity contribution >= 4 is 33.4 Å². The lowest BCUT2D eigenvalue weighted by atomic mass is 10.0. The summed E-state index contributed by atoms with van der Waals surface area (Å²) >= 11 is 1.50. The van der Waals surface area contributed by atoms with E-state index >= 15 is 0 Å². The van der Waals surface area contributed by atoms with Crippen LogP contribution in [0.3, 0.4) is 0 Å². The fourth-order valence-corrected chi connectivity index (χ4v) is 4.61. The third-order valence-electron chi connectivity index (χ3n) is 4.47. The molecule has 164 valence electrons. The van der Waals surface area contributed by atoms with Crippen LogP contribution in [-0.4, -0.2) is 25.5 Å². The lowest BCUT2D eigenvalue weighted by molar-refractivity contribution is -0.114. The maximum absolute atomic E-state index is 11.8. The van der Waals surface area contributed by atoms with Gasteiger partial charge < -0.3 is 14.6 Å². The molecule has 0 saturated heterocycles. The average molecular weight is 460 g/mol. The molecule has 1 aromatic heterocycles. The Hall–Kier alpha value is -2.75. The first-order chi connectivity index (χ1) is 14.7. The van der Waals surface area contributed by atoms with E-state index in [9.17, 15) is 13.2 Å². The molecule has 0 fully saturated rings. The smallest absolute Gasteiger partial charge is 0.238 e. The lowest BCUT2D eigenvalue weighted by Crippen LogP contribution is -2.12. The van der Waals surface area contributed by atoms with Gasteiger partial charge in [0.15, 0.2) is 0 Å². The summed E-state index contributed by atoms with van der Waals surface area (Å²) in [6.45, 7) is 6.65. The van der Waals surface area contributed by atoms with E-state index in [4.69, 9.17) is 9.88 Å². The highest BCUT2D eigenvalue weighted by molar-refractivity contribution is 7.99. The van der Waals surface area contributed by atoms with E-state index in [0.29, 0.717) is 17.9 Å². The normalized spacial score (nSPS) is 11.4. The molecule has 2 aromatic carbocycles. The lowest BCUT2D eigenvalue weighted by Gasteiger charge is -2.13. The van der Waals surface area contributed by atoms with E-state index in [1.807, 2.05) is 55.1 Å². The second-order valence-electron chi connectivity index (χ2n) is 6.81. The van der Waals surface area contributed by atoms with Gasteiger partial charge in [0.2, 0.25) is 15.9 Å². The van der Waals surface area contributed by atoms with Crippen molar-refractivity contribution in [2.45, 2.75) is 42.0 Å². The van der Waals surface area contributed by atoms with Crippen LogP contribution in [0.5, 0.6) is 5.75 Å². The molecule has 0 spiro atoms. The van der Waals surface area contributed by atoms with Gasteiger partial charge in [-0.05, 0) is 49.7 Å². The molecule has 0 aliphatic carbocycles. The molecule has 3 aromatic rings.